The number of rotatable bonds is 3. The Labute approximate surface area is 87.7 Å². The zero-order valence-electron chi connectivity index (χ0n) is 9.92. The number of aliphatic hydroxyl groups is 1. The molecule has 1 atom stereocenters. The van der Waals surface area contributed by atoms with Crippen LogP contribution >= 0.6 is 0 Å². The van der Waals surface area contributed by atoms with Crippen LogP contribution in [0.4, 0.5) is 0 Å². The van der Waals surface area contributed by atoms with Crippen LogP contribution in [0.5, 0.6) is 0 Å². The van der Waals surface area contributed by atoms with E-state index in [0.717, 1.165) is 24.7 Å². The molecule has 0 saturated heterocycles. The van der Waals surface area contributed by atoms with Crippen molar-refractivity contribution in [1.82, 2.24) is 0 Å². The van der Waals surface area contributed by atoms with E-state index >= 15 is 0 Å². The molecule has 1 rings (SSSR count). The van der Waals surface area contributed by atoms with Gasteiger partial charge < -0.3 is 9.84 Å². The molecule has 84 valence electrons. The van der Waals surface area contributed by atoms with Gasteiger partial charge in [0.1, 0.15) is 0 Å². The van der Waals surface area contributed by atoms with Gasteiger partial charge in [-0.25, -0.2) is 0 Å². The monoisotopic (exact) mass is 200 g/mol. The topological polar surface area (TPSA) is 29.5 Å². The number of ether oxygens (including phenoxy) is 1. The fourth-order valence-electron chi connectivity index (χ4n) is 2.45. The van der Waals surface area contributed by atoms with Gasteiger partial charge in [0.25, 0.3) is 0 Å². The minimum absolute atomic E-state index is 0.0838. The standard InChI is InChI=1S/C12H24O2/c1-9(2)11-5-7-12(4,8-6-11)14-10(3)13/h9-11,13H,5-8H2,1-4H3. The van der Waals surface area contributed by atoms with Gasteiger partial charge in [-0.3, -0.25) is 0 Å². The maximum absolute atomic E-state index is 9.22. The second-order valence-electron chi connectivity index (χ2n) is 5.25. The van der Waals surface area contributed by atoms with Gasteiger partial charge in [0.15, 0.2) is 6.29 Å². The van der Waals surface area contributed by atoms with Gasteiger partial charge in [-0.1, -0.05) is 13.8 Å². The van der Waals surface area contributed by atoms with E-state index in [1.807, 2.05) is 0 Å². The van der Waals surface area contributed by atoms with Crippen molar-refractivity contribution in [3.63, 3.8) is 0 Å². The van der Waals surface area contributed by atoms with Crippen LogP contribution < -0.4 is 0 Å². The van der Waals surface area contributed by atoms with Crippen LogP contribution in [0.1, 0.15) is 53.4 Å². The summed E-state index contributed by atoms with van der Waals surface area (Å²) in [7, 11) is 0. The molecule has 0 heterocycles. The van der Waals surface area contributed by atoms with Gasteiger partial charge in [-0.2, -0.15) is 0 Å². The highest BCUT2D eigenvalue weighted by Gasteiger charge is 2.33. The Morgan fingerprint density at radius 1 is 1.21 bits per heavy atom. The molecule has 0 spiro atoms. The Hall–Kier alpha value is -0.0800. The van der Waals surface area contributed by atoms with Crippen LogP contribution in [0, 0.1) is 11.8 Å². The summed E-state index contributed by atoms with van der Waals surface area (Å²) in [6.45, 7) is 8.40. The van der Waals surface area contributed by atoms with Crippen LogP contribution in [0.3, 0.4) is 0 Å². The molecular formula is C12H24O2. The molecule has 0 aliphatic heterocycles. The molecule has 1 fully saturated rings. The van der Waals surface area contributed by atoms with Crippen molar-refractivity contribution in [1.29, 1.82) is 0 Å². The fraction of sp³-hybridized carbons (Fsp3) is 1.00. The lowest BCUT2D eigenvalue weighted by atomic mass is 9.75. The second kappa shape index (κ2) is 4.63. The lowest BCUT2D eigenvalue weighted by Gasteiger charge is -2.39. The van der Waals surface area contributed by atoms with E-state index in [1.54, 1.807) is 6.92 Å². The van der Waals surface area contributed by atoms with Crippen molar-refractivity contribution < 1.29 is 9.84 Å². The van der Waals surface area contributed by atoms with Gasteiger partial charge >= 0.3 is 0 Å². The molecule has 2 heteroatoms. The molecule has 1 unspecified atom stereocenters. The molecule has 0 aromatic carbocycles. The van der Waals surface area contributed by atoms with E-state index in [4.69, 9.17) is 4.74 Å². The Bertz CT molecular complexity index is 167. The largest absolute Gasteiger partial charge is 0.368 e. The van der Waals surface area contributed by atoms with Crippen molar-refractivity contribution in [3.8, 4) is 0 Å². The summed E-state index contributed by atoms with van der Waals surface area (Å²) in [5.41, 5.74) is -0.0838. The smallest absolute Gasteiger partial charge is 0.152 e. The zero-order valence-corrected chi connectivity index (χ0v) is 9.92. The quantitative estimate of drug-likeness (QED) is 0.710. The maximum atomic E-state index is 9.22. The third-order valence-electron chi connectivity index (χ3n) is 3.49. The van der Waals surface area contributed by atoms with E-state index in [0.29, 0.717) is 0 Å². The molecule has 0 aromatic rings. The first-order valence-corrected chi connectivity index (χ1v) is 5.79. The summed E-state index contributed by atoms with van der Waals surface area (Å²) < 4.78 is 5.56. The number of hydrogen-bond acceptors (Lipinski definition) is 2. The molecule has 1 N–H and O–H groups in total. The Kier molecular flexibility index (Phi) is 3.96. The molecule has 1 aliphatic rings. The Morgan fingerprint density at radius 3 is 2.07 bits per heavy atom. The van der Waals surface area contributed by atoms with E-state index in [2.05, 4.69) is 20.8 Å². The lowest BCUT2D eigenvalue weighted by molar-refractivity contribution is -0.184. The van der Waals surface area contributed by atoms with Crippen LogP contribution in [-0.2, 0) is 4.74 Å². The third-order valence-corrected chi connectivity index (χ3v) is 3.49. The van der Waals surface area contributed by atoms with E-state index in [1.165, 1.54) is 12.8 Å². The average Bonchev–Trinajstić information content (AvgIpc) is 2.02. The van der Waals surface area contributed by atoms with Crippen LogP contribution in [0.2, 0.25) is 0 Å². The molecule has 1 saturated carbocycles. The second-order valence-corrected chi connectivity index (χ2v) is 5.25. The normalized spacial score (nSPS) is 36.0. The molecule has 14 heavy (non-hydrogen) atoms. The van der Waals surface area contributed by atoms with Gasteiger partial charge in [-0.05, 0) is 51.4 Å². The average molecular weight is 200 g/mol. The van der Waals surface area contributed by atoms with E-state index in [9.17, 15) is 5.11 Å². The molecule has 0 radical (unpaired) electrons. The van der Waals surface area contributed by atoms with Gasteiger partial charge in [0, 0.05) is 0 Å². The number of aliphatic hydroxyl groups excluding tert-OH is 1. The van der Waals surface area contributed by atoms with Crippen molar-refractivity contribution in [2.45, 2.75) is 65.3 Å². The highest BCUT2D eigenvalue weighted by Crippen LogP contribution is 2.38. The Balaban J connectivity index is 2.41. The van der Waals surface area contributed by atoms with Gasteiger partial charge in [0.2, 0.25) is 0 Å². The van der Waals surface area contributed by atoms with Gasteiger partial charge in [0.05, 0.1) is 5.60 Å². The minimum Gasteiger partial charge on any atom is -0.368 e. The molecule has 1 aliphatic carbocycles. The first-order valence-electron chi connectivity index (χ1n) is 5.79. The predicted octanol–water partition coefficient (Wildman–Crippen LogP) is 2.95. The molecule has 0 aromatic heterocycles. The summed E-state index contributed by atoms with van der Waals surface area (Å²) >= 11 is 0. The van der Waals surface area contributed by atoms with Crippen molar-refractivity contribution in [3.05, 3.63) is 0 Å². The maximum Gasteiger partial charge on any atom is 0.152 e. The van der Waals surface area contributed by atoms with Crippen molar-refractivity contribution in [2.24, 2.45) is 11.8 Å². The fourth-order valence-corrected chi connectivity index (χ4v) is 2.45. The van der Waals surface area contributed by atoms with E-state index in [-0.39, 0.29) is 5.60 Å². The van der Waals surface area contributed by atoms with E-state index < -0.39 is 6.29 Å². The summed E-state index contributed by atoms with van der Waals surface area (Å²) in [5.74, 6) is 1.63. The van der Waals surface area contributed by atoms with Crippen molar-refractivity contribution >= 4 is 0 Å². The SMILES string of the molecule is CC(O)OC1(C)CCC(C(C)C)CC1. The summed E-state index contributed by atoms with van der Waals surface area (Å²) in [5, 5.41) is 9.22. The van der Waals surface area contributed by atoms with Crippen molar-refractivity contribution in [2.75, 3.05) is 0 Å². The summed E-state index contributed by atoms with van der Waals surface area (Å²) in [6.07, 6.45) is 4.01. The van der Waals surface area contributed by atoms with Crippen LogP contribution in [0.15, 0.2) is 0 Å². The van der Waals surface area contributed by atoms with Gasteiger partial charge in [-0.15, -0.1) is 0 Å². The zero-order chi connectivity index (χ0) is 10.8. The third kappa shape index (κ3) is 3.25. The van der Waals surface area contributed by atoms with Crippen LogP contribution in [0.25, 0.3) is 0 Å². The highest BCUT2D eigenvalue weighted by atomic mass is 16.6. The minimum atomic E-state index is -0.629. The molecule has 2 nitrogen and oxygen atoms in total. The molecule has 0 amide bonds. The first-order chi connectivity index (χ1) is 6.43. The number of hydrogen-bond donors (Lipinski definition) is 1. The van der Waals surface area contributed by atoms with Crippen LogP contribution in [-0.4, -0.2) is 17.0 Å². The Morgan fingerprint density at radius 2 is 1.71 bits per heavy atom. The first kappa shape index (κ1) is 12.0. The lowest BCUT2D eigenvalue weighted by Crippen LogP contribution is -2.37. The molecule has 0 bridgehead atoms. The molecular weight excluding hydrogens is 176 g/mol. The summed E-state index contributed by atoms with van der Waals surface area (Å²) in [4.78, 5) is 0. The predicted molar refractivity (Wildman–Crippen MR) is 58.0 cm³/mol. The summed E-state index contributed by atoms with van der Waals surface area (Å²) in [6, 6.07) is 0. The highest BCUT2D eigenvalue weighted by molar-refractivity contribution is 4.84.